The van der Waals surface area contributed by atoms with Crippen LogP contribution in [0.15, 0.2) is 24.3 Å². The Morgan fingerprint density at radius 3 is 2.48 bits per heavy atom. The van der Waals surface area contributed by atoms with Crippen LogP contribution < -0.4 is 10.1 Å². The fourth-order valence-electron chi connectivity index (χ4n) is 1.99. The van der Waals surface area contributed by atoms with Crippen molar-refractivity contribution in [2.75, 3.05) is 31.3 Å². The van der Waals surface area contributed by atoms with E-state index in [9.17, 15) is 0 Å². The Kier molecular flexibility index (Phi) is 9.55. The van der Waals surface area contributed by atoms with Crippen molar-refractivity contribution in [3.8, 4) is 5.75 Å². The number of aliphatic hydroxyl groups excluding tert-OH is 1. The van der Waals surface area contributed by atoms with Gasteiger partial charge in [-0.15, -0.1) is 0 Å². The van der Waals surface area contributed by atoms with Gasteiger partial charge in [0.15, 0.2) is 0 Å². The van der Waals surface area contributed by atoms with Crippen LogP contribution in [-0.4, -0.2) is 36.4 Å². The van der Waals surface area contributed by atoms with Crippen molar-refractivity contribution < 1.29 is 9.84 Å². The normalized spacial score (nSPS) is 13.9. The number of hydrogen-bond acceptors (Lipinski definition) is 4. The highest BCUT2D eigenvalue weighted by molar-refractivity contribution is 7.99. The van der Waals surface area contributed by atoms with Gasteiger partial charge in [-0.05, 0) is 49.3 Å². The fraction of sp³-hybridized carbons (Fsp3) is 0.647. The molecule has 0 aromatic heterocycles. The van der Waals surface area contributed by atoms with Crippen LogP contribution in [0.2, 0.25) is 0 Å². The number of aliphatic hydroxyl groups is 1. The molecule has 0 radical (unpaired) electrons. The Balaban J connectivity index is 2.58. The first-order chi connectivity index (χ1) is 10.2. The second-order valence-electron chi connectivity index (χ2n) is 5.33. The van der Waals surface area contributed by atoms with Gasteiger partial charge in [0, 0.05) is 18.4 Å². The molecular weight excluding hydrogens is 282 g/mol. The van der Waals surface area contributed by atoms with Gasteiger partial charge in [-0.1, -0.05) is 26.0 Å². The predicted octanol–water partition coefficient (Wildman–Crippen LogP) is 3.49. The van der Waals surface area contributed by atoms with Gasteiger partial charge in [0.25, 0.3) is 0 Å². The van der Waals surface area contributed by atoms with Crippen molar-refractivity contribution in [2.45, 2.75) is 33.2 Å². The molecule has 1 rings (SSSR count). The number of nitrogens with one attached hydrogen (secondary N) is 1. The van der Waals surface area contributed by atoms with Crippen molar-refractivity contribution in [1.29, 1.82) is 0 Å². The molecule has 1 aromatic carbocycles. The lowest BCUT2D eigenvalue weighted by molar-refractivity contribution is 0.250. The van der Waals surface area contributed by atoms with Crippen LogP contribution in [0, 0.1) is 5.92 Å². The third-order valence-electron chi connectivity index (χ3n) is 3.23. The third-order valence-corrected chi connectivity index (χ3v) is 4.61. The second kappa shape index (κ2) is 10.9. The molecule has 2 unspecified atom stereocenters. The summed E-state index contributed by atoms with van der Waals surface area (Å²) in [5.41, 5.74) is 1.30. The van der Waals surface area contributed by atoms with E-state index in [-0.39, 0.29) is 6.61 Å². The molecule has 1 aromatic rings. The van der Waals surface area contributed by atoms with E-state index in [4.69, 9.17) is 9.84 Å². The van der Waals surface area contributed by atoms with Gasteiger partial charge in [-0.2, -0.15) is 11.8 Å². The zero-order valence-electron chi connectivity index (χ0n) is 13.5. The first-order valence-corrected chi connectivity index (χ1v) is 9.01. The highest BCUT2D eigenvalue weighted by atomic mass is 32.2. The summed E-state index contributed by atoms with van der Waals surface area (Å²) in [6.07, 6.45) is 1.13. The number of thioether (sulfide) groups is 1. The number of hydrogen-bond donors (Lipinski definition) is 2. The minimum atomic E-state index is 0.267. The summed E-state index contributed by atoms with van der Waals surface area (Å²) in [6.45, 7) is 8.25. The fourth-order valence-corrected chi connectivity index (χ4v) is 3.18. The van der Waals surface area contributed by atoms with E-state index in [0.29, 0.717) is 18.6 Å². The third kappa shape index (κ3) is 7.21. The zero-order chi connectivity index (χ0) is 15.5. The van der Waals surface area contributed by atoms with E-state index in [2.05, 4.69) is 31.3 Å². The summed E-state index contributed by atoms with van der Waals surface area (Å²) in [4.78, 5) is 0. The lowest BCUT2D eigenvalue weighted by atomic mass is 10.1. The summed E-state index contributed by atoms with van der Waals surface area (Å²) in [5.74, 6) is 3.31. The number of rotatable bonds is 11. The topological polar surface area (TPSA) is 41.5 Å². The largest absolute Gasteiger partial charge is 0.494 e. The van der Waals surface area contributed by atoms with Crippen LogP contribution in [-0.2, 0) is 0 Å². The molecule has 0 heterocycles. The molecule has 2 N–H and O–H groups in total. The minimum absolute atomic E-state index is 0.267. The molecule has 120 valence electrons. The van der Waals surface area contributed by atoms with Gasteiger partial charge >= 0.3 is 0 Å². The molecule has 0 aliphatic rings. The summed E-state index contributed by atoms with van der Waals surface area (Å²) in [7, 11) is 0. The predicted molar refractivity (Wildman–Crippen MR) is 92.2 cm³/mol. The first kappa shape index (κ1) is 18.3. The average Bonchev–Trinajstić information content (AvgIpc) is 2.51. The summed E-state index contributed by atoms with van der Waals surface area (Å²) < 4.78 is 5.50. The van der Waals surface area contributed by atoms with Crippen molar-refractivity contribution in [3.63, 3.8) is 0 Å². The lowest BCUT2D eigenvalue weighted by Gasteiger charge is -2.20. The second-order valence-corrected chi connectivity index (χ2v) is 6.41. The van der Waals surface area contributed by atoms with Crippen LogP contribution >= 0.6 is 11.8 Å². The van der Waals surface area contributed by atoms with E-state index in [1.165, 1.54) is 5.56 Å². The lowest BCUT2D eigenvalue weighted by Crippen LogP contribution is -2.24. The maximum absolute atomic E-state index is 9.10. The molecule has 3 nitrogen and oxygen atoms in total. The molecule has 0 saturated heterocycles. The maximum atomic E-state index is 9.10. The van der Waals surface area contributed by atoms with Crippen LogP contribution in [0.4, 0.5) is 0 Å². The summed E-state index contributed by atoms with van der Waals surface area (Å²) in [6, 6.07) is 8.74. The summed E-state index contributed by atoms with van der Waals surface area (Å²) in [5, 5.41) is 12.7. The minimum Gasteiger partial charge on any atom is -0.494 e. The Labute approximate surface area is 133 Å². The van der Waals surface area contributed by atoms with Gasteiger partial charge in [0.05, 0.1) is 6.61 Å². The smallest absolute Gasteiger partial charge is 0.119 e. The van der Waals surface area contributed by atoms with E-state index in [1.54, 1.807) is 0 Å². The summed E-state index contributed by atoms with van der Waals surface area (Å²) >= 11 is 1.90. The highest BCUT2D eigenvalue weighted by Gasteiger charge is 2.12. The molecule has 0 fully saturated rings. The standard InChI is InChI=1S/C17H29NO2S/c1-4-10-18-17(13-21-12-14(3)11-19)15-6-8-16(9-7-15)20-5-2/h6-9,14,17-19H,4-5,10-13H2,1-3H3. The van der Waals surface area contributed by atoms with Gasteiger partial charge < -0.3 is 15.2 Å². The monoisotopic (exact) mass is 311 g/mol. The number of ether oxygens (including phenoxy) is 1. The van der Waals surface area contributed by atoms with E-state index < -0.39 is 0 Å². The molecule has 0 amide bonds. The van der Waals surface area contributed by atoms with Crippen molar-refractivity contribution in [1.82, 2.24) is 5.32 Å². The Morgan fingerprint density at radius 2 is 1.90 bits per heavy atom. The molecule has 4 heteroatoms. The molecule has 0 aliphatic heterocycles. The van der Waals surface area contributed by atoms with Crippen LogP contribution in [0.25, 0.3) is 0 Å². The SMILES string of the molecule is CCCNC(CSCC(C)CO)c1ccc(OCC)cc1. The Bertz CT molecular complexity index is 370. The van der Waals surface area contributed by atoms with Gasteiger partial charge in [0.2, 0.25) is 0 Å². The van der Waals surface area contributed by atoms with E-state index in [1.807, 2.05) is 30.8 Å². The maximum Gasteiger partial charge on any atom is 0.119 e. The van der Waals surface area contributed by atoms with Gasteiger partial charge in [-0.25, -0.2) is 0 Å². The Morgan fingerprint density at radius 1 is 1.19 bits per heavy atom. The average molecular weight is 311 g/mol. The zero-order valence-corrected chi connectivity index (χ0v) is 14.3. The molecular formula is C17H29NO2S. The Hall–Kier alpha value is -0.710. The molecule has 2 atom stereocenters. The molecule has 0 aliphatic carbocycles. The molecule has 0 bridgehead atoms. The van der Waals surface area contributed by atoms with Gasteiger partial charge in [-0.3, -0.25) is 0 Å². The van der Waals surface area contributed by atoms with Crippen LogP contribution in [0.5, 0.6) is 5.75 Å². The highest BCUT2D eigenvalue weighted by Crippen LogP contribution is 2.22. The first-order valence-electron chi connectivity index (χ1n) is 7.85. The van der Waals surface area contributed by atoms with Crippen molar-refractivity contribution in [3.05, 3.63) is 29.8 Å². The van der Waals surface area contributed by atoms with Crippen LogP contribution in [0.3, 0.4) is 0 Å². The quantitative estimate of drug-likeness (QED) is 0.656. The van der Waals surface area contributed by atoms with Crippen LogP contribution in [0.1, 0.15) is 38.8 Å². The van der Waals surface area contributed by atoms with E-state index >= 15 is 0 Å². The van der Waals surface area contributed by atoms with Crippen molar-refractivity contribution >= 4 is 11.8 Å². The molecule has 0 saturated carbocycles. The molecule has 21 heavy (non-hydrogen) atoms. The van der Waals surface area contributed by atoms with Gasteiger partial charge in [0.1, 0.15) is 5.75 Å². The number of benzene rings is 1. The molecule has 0 spiro atoms. The van der Waals surface area contributed by atoms with Crippen molar-refractivity contribution in [2.24, 2.45) is 5.92 Å². The van der Waals surface area contributed by atoms with E-state index in [0.717, 1.165) is 30.2 Å².